The Hall–Kier alpha value is -1.63. The Balaban J connectivity index is 2.39. The lowest BCUT2D eigenvalue weighted by atomic mass is 9.99. The van der Waals surface area contributed by atoms with E-state index in [-0.39, 0.29) is 11.9 Å². The van der Waals surface area contributed by atoms with E-state index < -0.39 is 30.4 Å². The molecule has 0 spiro atoms. The van der Waals surface area contributed by atoms with Crippen molar-refractivity contribution in [2.75, 3.05) is 0 Å². The Labute approximate surface area is 124 Å². The second-order valence-electron chi connectivity index (χ2n) is 5.78. The van der Waals surface area contributed by atoms with E-state index in [4.69, 9.17) is 10.8 Å². The number of carbonyl (C=O) groups excluding carboxylic acids is 2. The summed E-state index contributed by atoms with van der Waals surface area (Å²) in [6.07, 6.45) is 4.17. The molecule has 1 aliphatic rings. The number of amides is 2. The van der Waals surface area contributed by atoms with Crippen LogP contribution in [0.2, 0.25) is 0 Å². The van der Waals surface area contributed by atoms with Gasteiger partial charge in [0.15, 0.2) is 0 Å². The predicted molar refractivity (Wildman–Crippen MR) is 77.4 cm³/mol. The van der Waals surface area contributed by atoms with Gasteiger partial charge >= 0.3 is 5.97 Å². The molecule has 120 valence electrons. The summed E-state index contributed by atoms with van der Waals surface area (Å²) < 4.78 is 0. The van der Waals surface area contributed by atoms with Gasteiger partial charge in [-0.2, -0.15) is 0 Å². The van der Waals surface area contributed by atoms with Crippen LogP contribution in [-0.4, -0.2) is 41.0 Å². The van der Waals surface area contributed by atoms with Gasteiger partial charge in [0, 0.05) is 6.04 Å². The maximum absolute atomic E-state index is 12.0. The zero-order valence-corrected chi connectivity index (χ0v) is 12.6. The van der Waals surface area contributed by atoms with Crippen molar-refractivity contribution in [3.05, 3.63) is 0 Å². The molecule has 3 atom stereocenters. The van der Waals surface area contributed by atoms with Crippen LogP contribution in [0.5, 0.6) is 0 Å². The zero-order chi connectivity index (χ0) is 16.0. The third-order valence-corrected chi connectivity index (χ3v) is 3.96. The van der Waals surface area contributed by atoms with Gasteiger partial charge in [-0.05, 0) is 32.6 Å². The van der Waals surface area contributed by atoms with E-state index in [1.807, 2.05) is 6.92 Å². The highest BCUT2D eigenvalue weighted by Crippen LogP contribution is 2.27. The highest BCUT2D eigenvalue weighted by molar-refractivity contribution is 5.91. The second-order valence-corrected chi connectivity index (χ2v) is 5.78. The SMILES string of the molecule is CC(NC(=O)[C@@H](C)NC(=O)[C@@H](N)CC(=O)O)C1CCCC1. The molecule has 1 rings (SSSR count). The Morgan fingerprint density at radius 3 is 2.24 bits per heavy atom. The normalized spacial score (nSPS) is 19.6. The first-order chi connectivity index (χ1) is 9.81. The zero-order valence-electron chi connectivity index (χ0n) is 12.6. The monoisotopic (exact) mass is 299 g/mol. The Morgan fingerprint density at radius 1 is 1.14 bits per heavy atom. The van der Waals surface area contributed by atoms with E-state index in [9.17, 15) is 14.4 Å². The molecule has 0 aromatic rings. The van der Waals surface area contributed by atoms with Crippen LogP contribution in [-0.2, 0) is 14.4 Å². The molecule has 1 unspecified atom stereocenters. The number of aliphatic carboxylic acids is 1. The first kappa shape index (κ1) is 17.4. The average Bonchev–Trinajstić information content (AvgIpc) is 2.91. The van der Waals surface area contributed by atoms with Gasteiger partial charge in [-0.1, -0.05) is 12.8 Å². The van der Waals surface area contributed by atoms with E-state index in [2.05, 4.69) is 10.6 Å². The molecule has 5 N–H and O–H groups in total. The molecule has 21 heavy (non-hydrogen) atoms. The smallest absolute Gasteiger partial charge is 0.305 e. The first-order valence-electron chi connectivity index (χ1n) is 7.39. The van der Waals surface area contributed by atoms with E-state index >= 15 is 0 Å². The molecule has 0 aliphatic heterocycles. The lowest BCUT2D eigenvalue weighted by molar-refractivity contribution is -0.139. The van der Waals surface area contributed by atoms with E-state index in [0.29, 0.717) is 5.92 Å². The molecule has 1 saturated carbocycles. The highest BCUT2D eigenvalue weighted by atomic mass is 16.4. The van der Waals surface area contributed by atoms with Gasteiger partial charge in [0.1, 0.15) is 6.04 Å². The average molecular weight is 299 g/mol. The number of hydrogen-bond donors (Lipinski definition) is 4. The Bertz CT molecular complexity index is 394. The van der Waals surface area contributed by atoms with Crippen LogP contribution in [0.1, 0.15) is 46.0 Å². The molecule has 1 fully saturated rings. The van der Waals surface area contributed by atoms with E-state index in [0.717, 1.165) is 12.8 Å². The summed E-state index contributed by atoms with van der Waals surface area (Å²) in [6, 6.07) is -1.81. The summed E-state index contributed by atoms with van der Waals surface area (Å²) in [5.41, 5.74) is 5.44. The number of rotatable bonds is 7. The van der Waals surface area contributed by atoms with Crippen LogP contribution in [0.4, 0.5) is 0 Å². The minimum absolute atomic E-state index is 0.0760. The molecule has 0 radical (unpaired) electrons. The van der Waals surface area contributed by atoms with Crippen LogP contribution in [0.3, 0.4) is 0 Å². The van der Waals surface area contributed by atoms with Gasteiger partial charge in [0.2, 0.25) is 11.8 Å². The number of carboxylic acids is 1. The van der Waals surface area contributed by atoms with Crippen LogP contribution in [0.15, 0.2) is 0 Å². The summed E-state index contributed by atoms with van der Waals surface area (Å²) in [6.45, 7) is 3.53. The van der Waals surface area contributed by atoms with E-state index in [1.165, 1.54) is 12.8 Å². The molecule has 2 amide bonds. The molecular formula is C14H25N3O4. The van der Waals surface area contributed by atoms with E-state index in [1.54, 1.807) is 6.92 Å². The lowest BCUT2D eigenvalue weighted by Gasteiger charge is -2.23. The third-order valence-electron chi connectivity index (χ3n) is 3.96. The Kier molecular flexibility index (Phi) is 6.61. The predicted octanol–water partition coefficient (Wildman–Crippen LogP) is -0.0120. The number of carbonyl (C=O) groups is 3. The fourth-order valence-corrected chi connectivity index (χ4v) is 2.59. The quantitative estimate of drug-likeness (QED) is 0.526. The largest absolute Gasteiger partial charge is 0.481 e. The highest BCUT2D eigenvalue weighted by Gasteiger charge is 2.26. The van der Waals surface area contributed by atoms with Crippen LogP contribution < -0.4 is 16.4 Å². The topological polar surface area (TPSA) is 122 Å². The van der Waals surface area contributed by atoms with Crippen LogP contribution in [0.25, 0.3) is 0 Å². The second kappa shape index (κ2) is 7.97. The van der Waals surface area contributed by atoms with Gasteiger partial charge in [0.05, 0.1) is 12.5 Å². The van der Waals surface area contributed by atoms with Gasteiger partial charge < -0.3 is 21.5 Å². The number of nitrogens with one attached hydrogen (secondary N) is 2. The molecule has 0 bridgehead atoms. The van der Waals surface area contributed by atoms with Crippen molar-refractivity contribution < 1.29 is 19.5 Å². The van der Waals surface area contributed by atoms with Crippen molar-refractivity contribution >= 4 is 17.8 Å². The molecule has 0 aromatic carbocycles. The third kappa shape index (κ3) is 5.71. The summed E-state index contributed by atoms with van der Waals surface area (Å²) in [5.74, 6) is -1.56. The standard InChI is InChI=1S/C14H25N3O4/c1-8(10-5-3-4-6-10)16-13(20)9(2)17-14(21)11(15)7-12(18)19/h8-11H,3-7,15H2,1-2H3,(H,16,20)(H,17,21)(H,18,19)/t8?,9-,11+/m1/s1. The molecular weight excluding hydrogens is 274 g/mol. The molecule has 0 saturated heterocycles. The van der Waals surface area contributed by atoms with Gasteiger partial charge in [-0.15, -0.1) is 0 Å². The number of nitrogens with two attached hydrogens (primary N) is 1. The summed E-state index contributed by atoms with van der Waals surface area (Å²) in [7, 11) is 0. The molecule has 0 heterocycles. The minimum atomic E-state index is -1.15. The number of carboxylic acid groups (broad SMARTS) is 1. The lowest BCUT2D eigenvalue weighted by Crippen LogP contribution is -2.52. The van der Waals surface area contributed by atoms with Gasteiger partial charge in [-0.3, -0.25) is 14.4 Å². The van der Waals surface area contributed by atoms with Gasteiger partial charge in [0.25, 0.3) is 0 Å². The van der Waals surface area contributed by atoms with Crippen molar-refractivity contribution in [1.82, 2.24) is 10.6 Å². The van der Waals surface area contributed by atoms with Crippen LogP contribution >= 0.6 is 0 Å². The summed E-state index contributed by atoms with van der Waals surface area (Å²) >= 11 is 0. The van der Waals surface area contributed by atoms with Crippen molar-refractivity contribution in [2.24, 2.45) is 11.7 Å². The minimum Gasteiger partial charge on any atom is -0.481 e. The van der Waals surface area contributed by atoms with Crippen LogP contribution in [0, 0.1) is 5.92 Å². The fourth-order valence-electron chi connectivity index (χ4n) is 2.59. The summed E-state index contributed by atoms with van der Waals surface area (Å²) in [5, 5.41) is 13.9. The number of hydrogen-bond acceptors (Lipinski definition) is 4. The van der Waals surface area contributed by atoms with Crippen molar-refractivity contribution in [3.63, 3.8) is 0 Å². The maximum Gasteiger partial charge on any atom is 0.305 e. The fraction of sp³-hybridized carbons (Fsp3) is 0.786. The first-order valence-corrected chi connectivity index (χ1v) is 7.39. The molecule has 0 aromatic heterocycles. The Morgan fingerprint density at radius 2 is 1.71 bits per heavy atom. The molecule has 1 aliphatic carbocycles. The van der Waals surface area contributed by atoms with Gasteiger partial charge in [-0.25, -0.2) is 0 Å². The van der Waals surface area contributed by atoms with Crippen molar-refractivity contribution in [1.29, 1.82) is 0 Å². The molecule has 7 nitrogen and oxygen atoms in total. The molecule has 7 heteroatoms. The van der Waals surface area contributed by atoms with Crippen molar-refractivity contribution in [2.45, 2.75) is 64.1 Å². The van der Waals surface area contributed by atoms with Crippen molar-refractivity contribution in [3.8, 4) is 0 Å². The summed E-state index contributed by atoms with van der Waals surface area (Å²) in [4.78, 5) is 34.2. The maximum atomic E-state index is 12.0.